The molecule has 0 aliphatic carbocycles. The average Bonchev–Trinajstić information content (AvgIpc) is 2.37. The molecule has 11 heavy (non-hydrogen) atoms. The maximum absolute atomic E-state index is 12.9. The molecule has 0 saturated carbocycles. The maximum atomic E-state index is 12.9. The summed E-state index contributed by atoms with van der Waals surface area (Å²) in [7, 11) is 0. The first kappa shape index (κ1) is 8.94. The fraction of sp³-hybridized carbons (Fsp3) is 1.00. The summed E-state index contributed by atoms with van der Waals surface area (Å²) < 4.78 is 17.9. The standard InChI is InChI=1S/C8H16FNO/c1-3-6(2)10-8-5-11-4-7(8)9/h6-8,10H,3-5H2,1-2H3/t6?,7-,8-/m1/s1. The van der Waals surface area contributed by atoms with Crippen LogP contribution >= 0.6 is 0 Å². The zero-order valence-electron chi connectivity index (χ0n) is 7.14. The highest BCUT2D eigenvalue weighted by atomic mass is 19.1. The van der Waals surface area contributed by atoms with E-state index in [0.29, 0.717) is 12.6 Å². The van der Waals surface area contributed by atoms with Gasteiger partial charge in [0, 0.05) is 6.04 Å². The predicted octanol–water partition coefficient (Wildman–Crippen LogP) is 1.11. The molecule has 3 heteroatoms. The van der Waals surface area contributed by atoms with Crippen molar-refractivity contribution in [2.24, 2.45) is 0 Å². The molecule has 66 valence electrons. The largest absolute Gasteiger partial charge is 0.377 e. The quantitative estimate of drug-likeness (QED) is 0.669. The molecule has 3 atom stereocenters. The fourth-order valence-electron chi connectivity index (χ4n) is 1.16. The molecule has 0 aromatic rings. The van der Waals surface area contributed by atoms with Crippen molar-refractivity contribution in [1.82, 2.24) is 5.32 Å². The van der Waals surface area contributed by atoms with Gasteiger partial charge >= 0.3 is 0 Å². The molecule has 1 aliphatic rings. The molecule has 1 N–H and O–H groups in total. The second kappa shape index (κ2) is 4.02. The van der Waals surface area contributed by atoms with E-state index in [4.69, 9.17) is 4.74 Å². The highest BCUT2D eigenvalue weighted by molar-refractivity contribution is 4.82. The molecule has 0 aromatic heterocycles. The lowest BCUT2D eigenvalue weighted by Crippen LogP contribution is -2.41. The topological polar surface area (TPSA) is 21.3 Å². The second-order valence-corrected chi connectivity index (χ2v) is 3.14. The van der Waals surface area contributed by atoms with Crippen molar-refractivity contribution in [3.8, 4) is 0 Å². The first-order chi connectivity index (χ1) is 5.24. The Morgan fingerprint density at radius 1 is 1.64 bits per heavy atom. The van der Waals surface area contributed by atoms with Crippen molar-refractivity contribution >= 4 is 0 Å². The highest BCUT2D eigenvalue weighted by Gasteiger charge is 2.28. The lowest BCUT2D eigenvalue weighted by Gasteiger charge is -2.17. The molecule has 0 amide bonds. The number of hydrogen-bond donors (Lipinski definition) is 1. The summed E-state index contributed by atoms with van der Waals surface area (Å²) in [5, 5.41) is 3.18. The fourth-order valence-corrected chi connectivity index (χ4v) is 1.16. The smallest absolute Gasteiger partial charge is 0.141 e. The number of nitrogens with one attached hydrogen (secondary N) is 1. The van der Waals surface area contributed by atoms with Crippen LogP contribution in [0.5, 0.6) is 0 Å². The summed E-state index contributed by atoms with van der Waals surface area (Å²) in [5.41, 5.74) is 0. The number of halogens is 1. The van der Waals surface area contributed by atoms with Gasteiger partial charge in [-0.3, -0.25) is 0 Å². The lowest BCUT2D eigenvalue weighted by molar-refractivity contribution is 0.172. The molecule has 1 fully saturated rings. The molecule has 0 bridgehead atoms. The van der Waals surface area contributed by atoms with Gasteiger partial charge in [0.1, 0.15) is 6.17 Å². The first-order valence-electron chi connectivity index (χ1n) is 4.22. The molecule has 1 rings (SSSR count). The van der Waals surface area contributed by atoms with E-state index in [1.165, 1.54) is 0 Å². The Hall–Kier alpha value is -0.150. The molecule has 1 heterocycles. The van der Waals surface area contributed by atoms with Crippen LogP contribution < -0.4 is 5.32 Å². The SMILES string of the molecule is CCC(C)N[C@@H]1COC[C@H]1F. The summed E-state index contributed by atoms with van der Waals surface area (Å²) in [6.07, 6.45) is 0.215. The van der Waals surface area contributed by atoms with Crippen molar-refractivity contribution in [3.05, 3.63) is 0 Å². The third kappa shape index (κ3) is 2.42. The van der Waals surface area contributed by atoms with Crippen LogP contribution in [0.15, 0.2) is 0 Å². The molecule has 0 aromatic carbocycles. The monoisotopic (exact) mass is 161 g/mol. The summed E-state index contributed by atoms with van der Waals surface area (Å²) in [5.74, 6) is 0. The average molecular weight is 161 g/mol. The Kier molecular flexibility index (Phi) is 3.27. The minimum absolute atomic E-state index is 0.0788. The third-order valence-corrected chi connectivity index (χ3v) is 2.12. The van der Waals surface area contributed by atoms with E-state index in [-0.39, 0.29) is 12.6 Å². The molecule has 1 unspecified atom stereocenters. The Bertz CT molecular complexity index is 121. The number of ether oxygens (including phenoxy) is 1. The van der Waals surface area contributed by atoms with Gasteiger partial charge in [-0.15, -0.1) is 0 Å². The van der Waals surface area contributed by atoms with Crippen LogP contribution in [0.3, 0.4) is 0 Å². The first-order valence-corrected chi connectivity index (χ1v) is 4.22. The van der Waals surface area contributed by atoms with Crippen molar-refractivity contribution < 1.29 is 9.13 Å². The highest BCUT2D eigenvalue weighted by Crippen LogP contribution is 2.10. The van der Waals surface area contributed by atoms with Crippen LogP contribution in [-0.2, 0) is 4.74 Å². The van der Waals surface area contributed by atoms with Crippen LogP contribution in [0.4, 0.5) is 4.39 Å². The number of hydrogen-bond acceptors (Lipinski definition) is 2. The van der Waals surface area contributed by atoms with Crippen molar-refractivity contribution in [2.45, 2.75) is 38.5 Å². The molecule has 2 nitrogen and oxygen atoms in total. The lowest BCUT2D eigenvalue weighted by atomic mass is 10.2. The van der Waals surface area contributed by atoms with Gasteiger partial charge in [0.15, 0.2) is 0 Å². The number of alkyl halides is 1. The van der Waals surface area contributed by atoms with Crippen LogP contribution in [0.1, 0.15) is 20.3 Å². The van der Waals surface area contributed by atoms with E-state index in [9.17, 15) is 4.39 Å². The van der Waals surface area contributed by atoms with Gasteiger partial charge in [-0.2, -0.15) is 0 Å². The molecule has 0 spiro atoms. The Morgan fingerprint density at radius 3 is 2.82 bits per heavy atom. The minimum Gasteiger partial charge on any atom is -0.377 e. The molecular weight excluding hydrogens is 145 g/mol. The van der Waals surface area contributed by atoms with Crippen molar-refractivity contribution in [2.75, 3.05) is 13.2 Å². The van der Waals surface area contributed by atoms with Gasteiger partial charge in [0.2, 0.25) is 0 Å². The third-order valence-electron chi connectivity index (χ3n) is 2.12. The Balaban J connectivity index is 2.24. The molecule has 1 aliphatic heterocycles. The Morgan fingerprint density at radius 2 is 2.36 bits per heavy atom. The van der Waals surface area contributed by atoms with Crippen LogP contribution in [0, 0.1) is 0 Å². The van der Waals surface area contributed by atoms with E-state index < -0.39 is 6.17 Å². The molecular formula is C8H16FNO. The van der Waals surface area contributed by atoms with E-state index >= 15 is 0 Å². The normalized spacial score (nSPS) is 34.1. The van der Waals surface area contributed by atoms with Gasteiger partial charge in [0.05, 0.1) is 19.3 Å². The summed E-state index contributed by atoms with van der Waals surface area (Å²) in [6, 6.07) is 0.310. The second-order valence-electron chi connectivity index (χ2n) is 3.14. The summed E-state index contributed by atoms with van der Waals surface area (Å²) in [4.78, 5) is 0. The van der Waals surface area contributed by atoms with E-state index in [1.54, 1.807) is 0 Å². The van der Waals surface area contributed by atoms with Crippen molar-refractivity contribution in [3.63, 3.8) is 0 Å². The van der Waals surface area contributed by atoms with Gasteiger partial charge in [0.25, 0.3) is 0 Å². The summed E-state index contributed by atoms with van der Waals surface area (Å²) >= 11 is 0. The van der Waals surface area contributed by atoms with E-state index in [1.807, 2.05) is 0 Å². The van der Waals surface area contributed by atoms with E-state index in [2.05, 4.69) is 19.2 Å². The molecule has 0 radical (unpaired) electrons. The van der Waals surface area contributed by atoms with Gasteiger partial charge < -0.3 is 10.1 Å². The van der Waals surface area contributed by atoms with Crippen LogP contribution in [0.25, 0.3) is 0 Å². The molecule has 1 saturated heterocycles. The van der Waals surface area contributed by atoms with Crippen LogP contribution in [-0.4, -0.2) is 31.5 Å². The minimum atomic E-state index is -0.816. The number of rotatable bonds is 3. The maximum Gasteiger partial charge on any atom is 0.141 e. The van der Waals surface area contributed by atoms with E-state index in [0.717, 1.165) is 6.42 Å². The predicted molar refractivity (Wildman–Crippen MR) is 42.4 cm³/mol. The van der Waals surface area contributed by atoms with Gasteiger partial charge in [-0.05, 0) is 13.3 Å². The zero-order chi connectivity index (χ0) is 8.27. The van der Waals surface area contributed by atoms with Gasteiger partial charge in [-0.1, -0.05) is 6.92 Å². The van der Waals surface area contributed by atoms with Gasteiger partial charge in [-0.25, -0.2) is 4.39 Å². The van der Waals surface area contributed by atoms with Crippen molar-refractivity contribution in [1.29, 1.82) is 0 Å². The van der Waals surface area contributed by atoms with Crippen LogP contribution in [0.2, 0.25) is 0 Å². The Labute approximate surface area is 67.1 Å². The zero-order valence-corrected chi connectivity index (χ0v) is 7.14. The summed E-state index contributed by atoms with van der Waals surface area (Å²) in [6.45, 7) is 4.92.